The zero-order valence-corrected chi connectivity index (χ0v) is 31.4. The summed E-state index contributed by atoms with van der Waals surface area (Å²) in [6, 6.07) is 61.3. The highest BCUT2D eigenvalue weighted by Gasteiger charge is 2.19. The highest BCUT2D eigenvalue weighted by atomic mass is 32.1. The largest absolute Gasteiger partial charge is 0.310 e. The van der Waals surface area contributed by atoms with Crippen molar-refractivity contribution in [3.63, 3.8) is 0 Å². The zero-order valence-electron chi connectivity index (χ0n) is 30.6. The maximum atomic E-state index is 2.41. The Bertz CT molecular complexity index is 2590. The van der Waals surface area contributed by atoms with E-state index < -0.39 is 0 Å². The van der Waals surface area contributed by atoms with E-state index in [1.54, 1.807) is 0 Å². The van der Waals surface area contributed by atoms with Gasteiger partial charge in [-0.25, -0.2) is 0 Å². The monoisotopic (exact) mass is 701 g/mol. The van der Waals surface area contributed by atoms with Crippen LogP contribution in [-0.4, -0.2) is 0 Å². The summed E-state index contributed by atoms with van der Waals surface area (Å²) in [4.78, 5) is 2.41. The molecule has 53 heavy (non-hydrogen) atoms. The summed E-state index contributed by atoms with van der Waals surface area (Å²) in [5.74, 6) is 0. The molecule has 0 saturated heterocycles. The van der Waals surface area contributed by atoms with Crippen molar-refractivity contribution in [2.24, 2.45) is 0 Å². The average molecular weight is 702 g/mol. The first-order valence-electron chi connectivity index (χ1n) is 18.5. The number of fused-ring (bicyclic) bond motifs is 3. The van der Waals surface area contributed by atoms with Crippen molar-refractivity contribution >= 4 is 54.1 Å². The number of rotatable bonds is 6. The summed E-state index contributed by atoms with van der Waals surface area (Å²) in [6.07, 6.45) is 6.94. The average Bonchev–Trinajstić information content (AvgIpc) is 3.58. The van der Waals surface area contributed by atoms with E-state index in [9.17, 15) is 0 Å². The Labute approximate surface area is 317 Å². The van der Waals surface area contributed by atoms with Gasteiger partial charge in [-0.05, 0) is 109 Å². The smallest absolute Gasteiger partial charge is 0.0540 e. The van der Waals surface area contributed by atoms with Crippen LogP contribution in [-0.2, 0) is 0 Å². The standard InChI is InChI=1S/C37H27NS.C14H16/c1-26-18-20-28(21-19-26)32-14-5-7-16-35(32)38(30-13-9-12-29(24-30)27-10-3-2-4-11-27)31-22-23-37-34(25-31)33-15-6-8-17-36(33)39-37;1-11-7-3-5-9-13(11)14-10-6-4-8-12(14)2/h2-25H,1H3;3,5-7,9-10H,4,8H2,1-2H3. The number of para-hydroxylation sites is 1. The fourth-order valence-corrected chi connectivity index (χ4v) is 8.44. The number of thiophene rings is 1. The molecule has 258 valence electrons. The molecule has 1 heterocycles. The van der Waals surface area contributed by atoms with E-state index in [0.717, 1.165) is 17.1 Å². The Morgan fingerprint density at radius 3 is 1.98 bits per heavy atom. The molecule has 2 heteroatoms. The Hall–Kier alpha value is -5.96. The predicted molar refractivity (Wildman–Crippen MR) is 232 cm³/mol. The van der Waals surface area contributed by atoms with Crippen molar-refractivity contribution in [1.29, 1.82) is 0 Å². The molecule has 0 saturated carbocycles. The lowest BCUT2D eigenvalue weighted by Gasteiger charge is -2.28. The van der Waals surface area contributed by atoms with Crippen molar-refractivity contribution < 1.29 is 0 Å². The molecular formula is C51H43NS. The van der Waals surface area contributed by atoms with Gasteiger partial charge in [0.1, 0.15) is 0 Å². The minimum atomic E-state index is 1.13. The number of allylic oxidation sites excluding steroid dienone is 4. The zero-order chi connectivity index (χ0) is 36.1. The minimum Gasteiger partial charge on any atom is -0.310 e. The van der Waals surface area contributed by atoms with Gasteiger partial charge in [0.05, 0.1) is 5.69 Å². The molecule has 0 unspecified atom stereocenters. The first kappa shape index (κ1) is 34.1. The lowest BCUT2D eigenvalue weighted by atomic mass is 9.91. The summed E-state index contributed by atoms with van der Waals surface area (Å²) in [7, 11) is 0. The Morgan fingerprint density at radius 2 is 1.17 bits per heavy atom. The van der Waals surface area contributed by atoms with E-state index >= 15 is 0 Å². The van der Waals surface area contributed by atoms with Crippen LogP contribution >= 0.6 is 11.3 Å². The number of benzene rings is 7. The van der Waals surface area contributed by atoms with Crippen LogP contribution in [0.2, 0.25) is 0 Å². The summed E-state index contributed by atoms with van der Waals surface area (Å²) in [5, 5.41) is 2.61. The second-order valence-corrected chi connectivity index (χ2v) is 14.9. The molecule has 0 atom stereocenters. The number of aryl methyl sites for hydroxylation is 2. The predicted octanol–water partition coefficient (Wildman–Crippen LogP) is 15.3. The molecule has 0 spiro atoms. The second kappa shape index (κ2) is 15.3. The van der Waals surface area contributed by atoms with Gasteiger partial charge >= 0.3 is 0 Å². The SMILES string of the molecule is CC1=C(c2ccccc2C)C=CCC1.Cc1ccc(-c2ccccc2N(c2cccc(-c3ccccc3)c2)c2ccc3sc4ccccc4c3c2)cc1. The number of nitrogens with zero attached hydrogens (tertiary/aromatic N) is 1. The third kappa shape index (κ3) is 7.24. The van der Waals surface area contributed by atoms with E-state index in [1.807, 2.05) is 11.3 Å². The summed E-state index contributed by atoms with van der Waals surface area (Å²) >= 11 is 1.86. The molecule has 0 bridgehead atoms. The van der Waals surface area contributed by atoms with E-state index in [-0.39, 0.29) is 0 Å². The van der Waals surface area contributed by atoms with Gasteiger partial charge in [-0.15, -0.1) is 11.3 Å². The van der Waals surface area contributed by atoms with Gasteiger partial charge in [-0.2, -0.15) is 0 Å². The van der Waals surface area contributed by atoms with Gasteiger partial charge in [-0.3, -0.25) is 0 Å². The van der Waals surface area contributed by atoms with E-state index in [0.29, 0.717) is 0 Å². The van der Waals surface area contributed by atoms with Gasteiger partial charge < -0.3 is 4.90 Å². The van der Waals surface area contributed by atoms with Crippen LogP contribution in [0.3, 0.4) is 0 Å². The molecule has 8 aromatic rings. The molecule has 1 nitrogen and oxygen atoms in total. The van der Waals surface area contributed by atoms with Gasteiger partial charge in [0, 0.05) is 37.1 Å². The molecule has 7 aromatic carbocycles. The van der Waals surface area contributed by atoms with E-state index in [2.05, 4.69) is 208 Å². The Balaban J connectivity index is 0.000000240. The van der Waals surface area contributed by atoms with Crippen molar-refractivity contribution in [1.82, 2.24) is 0 Å². The van der Waals surface area contributed by atoms with Crippen molar-refractivity contribution in [2.45, 2.75) is 33.6 Å². The van der Waals surface area contributed by atoms with Crippen LogP contribution in [0.25, 0.3) is 48.0 Å². The highest BCUT2D eigenvalue weighted by Crippen LogP contribution is 2.44. The molecule has 0 fully saturated rings. The molecule has 1 aliphatic carbocycles. The fraction of sp³-hybridized carbons (Fsp3) is 0.0980. The molecule has 1 aromatic heterocycles. The molecule has 0 amide bonds. The lowest BCUT2D eigenvalue weighted by Crippen LogP contribution is -2.11. The fourth-order valence-electron chi connectivity index (χ4n) is 7.35. The maximum Gasteiger partial charge on any atom is 0.0540 e. The van der Waals surface area contributed by atoms with Crippen LogP contribution in [0.15, 0.2) is 188 Å². The lowest BCUT2D eigenvalue weighted by molar-refractivity contribution is 0.967. The quantitative estimate of drug-likeness (QED) is 0.167. The van der Waals surface area contributed by atoms with Gasteiger partial charge in [-0.1, -0.05) is 151 Å². The van der Waals surface area contributed by atoms with Crippen molar-refractivity contribution in [3.05, 3.63) is 204 Å². The highest BCUT2D eigenvalue weighted by molar-refractivity contribution is 7.25. The first-order chi connectivity index (χ1) is 26.0. The van der Waals surface area contributed by atoms with Crippen LogP contribution in [0.4, 0.5) is 17.1 Å². The van der Waals surface area contributed by atoms with Crippen molar-refractivity contribution in [2.75, 3.05) is 4.90 Å². The molecule has 0 N–H and O–H groups in total. The molecular weight excluding hydrogens is 659 g/mol. The third-order valence-electron chi connectivity index (χ3n) is 10.2. The molecule has 0 radical (unpaired) electrons. The third-order valence-corrected chi connectivity index (χ3v) is 11.4. The van der Waals surface area contributed by atoms with Crippen LogP contribution in [0, 0.1) is 13.8 Å². The molecule has 1 aliphatic rings. The summed E-state index contributed by atoms with van der Waals surface area (Å²) in [5.41, 5.74) is 15.2. The number of hydrogen-bond acceptors (Lipinski definition) is 2. The first-order valence-corrected chi connectivity index (χ1v) is 19.3. The minimum absolute atomic E-state index is 1.13. The second-order valence-electron chi connectivity index (χ2n) is 13.9. The molecule has 0 aliphatic heterocycles. The van der Waals surface area contributed by atoms with Crippen LogP contribution < -0.4 is 4.90 Å². The Morgan fingerprint density at radius 1 is 0.491 bits per heavy atom. The normalized spacial score (nSPS) is 12.5. The van der Waals surface area contributed by atoms with Gasteiger partial charge in [0.2, 0.25) is 0 Å². The summed E-state index contributed by atoms with van der Waals surface area (Å²) < 4.78 is 2.63. The van der Waals surface area contributed by atoms with E-state index in [4.69, 9.17) is 0 Å². The maximum absolute atomic E-state index is 2.41. The van der Waals surface area contributed by atoms with Gasteiger partial charge in [0.15, 0.2) is 0 Å². The topological polar surface area (TPSA) is 3.24 Å². The Kier molecular flexibility index (Phi) is 9.88. The van der Waals surface area contributed by atoms with Crippen LogP contribution in [0.5, 0.6) is 0 Å². The van der Waals surface area contributed by atoms with Crippen LogP contribution in [0.1, 0.15) is 36.5 Å². The number of hydrogen-bond donors (Lipinski definition) is 0. The van der Waals surface area contributed by atoms with E-state index in [1.165, 1.54) is 83.1 Å². The van der Waals surface area contributed by atoms with Crippen molar-refractivity contribution in [3.8, 4) is 22.3 Å². The molecule has 9 rings (SSSR count). The summed E-state index contributed by atoms with van der Waals surface area (Å²) in [6.45, 7) is 6.56. The van der Waals surface area contributed by atoms with Gasteiger partial charge in [0.25, 0.3) is 0 Å². The number of anilines is 3.